The molecule has 6 heteroatoms. The molecular weight excluding hydrogens is 304 g/mol. The van der Waals surface area contributed by atoms with Crippen molar-refractivity contribution in [2.75, 3.05) is 0 Å². The third-order valence-corrected chi connectivity index (χ3v) is 3.97. The van der Waals surface area contributed by atoms with Crippen LogP contribution in [0.4, 0.5) is 0 Å². The maximum Gasteiger partial charge on any atom is 0.494 e. The van der Waals surface area contributed by atoms with E-state index in [4.69, 9.17) is 8.83 Å². The van der Waals surface area contributed by atoms with Crippen LogP contribution in [-0.2, 0) is 0 Å². The molecule has 5 rings (SSSR count). The lowest BCUT2D eigenvalue weighted by Gasteiger charge is -1.95. The molecule has 0 amide bonds. The first kappa shape index (κ1) is 13.0. The number of nitrogens with zero attached hydrogens (tertiary/aromatic N) is 3. The van der Waals surface area contributed by atoms with Gasteiger partial charge in [0.2, 0.25) is 11.3 Å². The van der Waals surface area contributed by atoms with Gasteiger partial charge in [-0.1, -0.05) is 10.6 Å². The molecule has 1 aromatic carbocycles. The van der Waals surface area contributed by atoms with E-state index in [2.05, 4.69) is 16.0 Å². The summed E-state index contributed by atoms with van der Waals surface area (Å²) in [6.45, 7) is 0. The van der Waals surface area contributed by atoms with Gasteiger partial charge < -0.3 is 8.83 Å². The molecule has 0 aliphatic rings. The number of rotatable bonds is 2. The fourth-order valence-electron chi connectivity index (χ4n) is 2.84. The summed E-state index contributed by atoms with van der Waals surface area (Å²) in [6, 6.07) is 15.7. The predicted octanol–water partition coefficient (Wildman–Crippen LogP) is 1.94. The van der Waals surface area contributed by atoms with E-state index in [-0.39, 0.29) is 0 Å². The minimum absolute atomic E-state index is 0.748. The average Bonchev–Trinajstić information content (AvgIpc) is 3.26. The van der Waals surface area contributed by atoms with E-state index in [1.54, 1.807) is 19.0 Å². The highest BCUT2D eigenvalue weighted by Crippen LogP contribution is 2.13. The topological polar surface area (TPSA) is 61.1 Å². The Morgan fingerprint density at radius 2 is 1.62 bits per heavy atom. The van der Waals surface area contributed by atoms with Gasteiger partial charge in [0.1, 0.15) is 11.9 Å². The van der Waals surface area contributed by atoms with Crippen molar-refractivity contribution in [2.45, 2.75) is 0 Å². The monoisotopic (exact) mass is 317 g/mol. The molecule has 0 fully saturated rings. The van der Waals surface area contributed by atoms with Gasteiger partial charge in [0.25, 0.3) is 12.0 Å². The number of oxazole rings is 2. The van der Waals surface area contributed by atoms with Gasteiger partial charge in [0.15, 0.2) is 6.20 Å². The van der Waals surface area contributed by atoms with Crippen molar-refractivity contribution in [2.24, 2.45) is 0 Å². The Labute approximate surface area is 136 Å². The number of pyridine rings is 2. The van der Waals surface area contributed by atoms with E-state index in [9.17, 15) is 0 Å². The summed E-state index contributed by atoms with van der Waals surface area (Å²) in [5.74, 6) is 0. The van der Waals surface area contributed by atoms with Gasteiger partial charge in [-0.2, -0.15) is 9.55 Å². The molecule has 6 nitrogen and oxygen atoms in total. The third-order valence-electron chi connectivity index (χ3n) is 3.97. The minimum atomic E-state index is 0.748. The Kier molecular flexibility index (Phi) is 2.69. The first-order valence-electron chi connectivity index (χ1n) is 7.54. The van der Waals surface area contributed by atoms with E-state index < -0.39 is 0 Å². The molecule has 4 heterocycles. The van der Waals surface area contributed by atoms with Crippen molar-refractivity contribution in [1.82, 2.24) is 4.98 Å². The molecule has 24 heavy (non-hydrogen) atoms. The SMILES string of the molecule is c1cc(-[n+]2coc3cccnc32)cc(-[n+]2coc3ccc[nH+]c32)c1. The molecule has 0 radical (unpaired) electrons. The van der Waals surface area contributed by atoms with Crippen LogP contribution in [0.2, 0.25) is 0 Å². The maximum atomic E-state index is 5.60. The van der Waals surface area contributed by atoms with Crippen LogP contribution in [0.25, 0.3) is 33.8 Å². The van der Waals surface area contributed by atoms with Gasteiger partial charge in [-0.15, -0.1) is 0 Å². The second kappa shape index (κ2) is 4.99. The lowest BCUT2D eigenvalue weighted by Crippen LogP contribution is -2.35. The van der Waals surface area contributed by atoms with Gasteiger partial charge in [-0.3, -0.25) is 0 Å². The fourth-order valence-corrected chi connectivity index (χ4v) is 2.84. The zero-order valence-corrected chi connectivity index (χ0v) is 12.6. The lowest BCUT2D eigenvalue weighted by molar-refractivity contribution is -0.621. The third kappa shape index (κ3) is 1.90. The molecule has 5 aromatic rings. The average molecular weight is 317 g/mol. The van der Waals surface area contributed by atoms with Crippen molar-refractivity contribution in [3.05, 3.63) is 73.7 Å². The van der Waals surface area contributed by atoms with Crippen molar-refractivity contribution in [1.29, 1.82) is 0 Å². The summed E-state index contributed by atoms with van der Waals surface area (Å²) in [5, 5.41) is 0. The van der Waals surface area contributed by atoms with Crippen LogP contribution >= 0.6 is 0 Å². The Balaban J connectivity index is 1.69. The van der Waals surface area contributed by atoms with Crippen LogP contribution in [0.3, 0.4) is 0 Å². The number of H-pyrrole nitrogens is 1. The summed E-state index contributed by atoms with van der Waals surface area (Å²) in [7, 11) is 0. The number of nitrogens with one attached hydrogen (secondary N) is 1. The van der Waals surface area contributed by atoms with Gasteiger partial charge >= 0.3 is 17.7 Å². The molecule has 0 aliphatic carbocycles. The molecule has 0 saturated carbocycles. The number of hydrogen-bond donors (Lipinski definition) is 0. The highest BCUT2D eigenvalue weighted by atomic mass is 16.3. The summed E-state index contributed by atoms with van der Waals surface area (Å²) in [6.07, 6.45) is 6.99. The molecular formula is C18H13N4O2+3. The molecule has 0 spiro atoms. The first-order valence-corrected chi connectivity index (χ1v) is 7.54. The van der Waals surface area contributed by atoms with Gasteiger partial charge in [0.05, 0.1) is 6.07 Å². The van der Waals surface area contributed by atoms with Crippen LogP contribution in [-0.4, -0.2) is 4.98 Å². The summed E-state index contributed by atoms with van der Waals surface area (Å²) < 4.78 is 15.1. The van der Waals surface area contributed by atoms with Crippen molar-refractivity contribution >= 4 is 22.5 Å². The zero-order chi connectivity index (χ0) is 15.9. The fraction of sp³-hybridized carbons (Fsp3) is 0. The van der Waals surface area contributed by atoms with E-state index >= 15 is 0 Å². The number of hydrogen-bond acceptors (Lipinski definition) is 3. The van der Waals surface area contributed by atoms with Crippen molar-refractivity contribution in [3.63, 3.8) is 0 Å². The summed E-state index contributed by atoms with van der Waals surface area (Å²) in [4.78, 5) is 7.61. The van der Waals surface area contributed by atoms with Gasteiger partial charge in [-0.05, 0) is 23.2 Å². The second-order valence-corrected chi connectivity index (χ2v) is 5.41. The van der Waals surface area contributed by atoms with E-state index in [0.717, 1.165) is 33.8 Å². The molecule has 0 atom stereocenters. The summed E-state index contributed by atoms with van der Waals surface area (Å²) in [5.41, 5.74) is 5.16. The smallest absolute Gasteiger partial charge is 0.419 e. The van der Waals surface area contributed by atoms with Crippen LogP contribution in [0.15, 0.2) is 82.5 Å². The zero-order valence-electron chi connectivity index (χ0n) is 12.6. The minimum Gasteiger partial charge on any atom is -0.419 e. The van der Waals surface area contributed by atoms with Crippen molar-refractivity contribution in [3.8, 4) is 11.4 Å². The van der Waals surface area contributed by atoms with Crippen molar-refractivity contribution < 1.29 is 23.0 Å². The number of fused-ring (bicyclic) bond motifs is 2. The Hall–Kier alpha value is -3.54. The number of aromatic nitrogens is 4. The Morgan fingerprint density at radius 1 is 0.833 bits per heavy atom. The predicted molar refractivity (Wildman–Crippen MR) is 83.4 cm³/mol. The van der Waals surface area contributed by atoms with Crippen LogP contribution < -0.4 is 14.1 Å². The maximum absolute atomic E-state index is 5.60. The quantitative estimate of drug-likeness (QED) is 0.468. The normalized spacial score (nSPS) is 11.3. The van der Waals surface area contributed by atoms with E-state index in [1.165, 1.54) is 0 Å². The number of aromatic amines is 1. The summed E-state index contributed by atoms with van der Waals surface area (Å²) >= 11 is 0. The van der Waals surface area contributed by atoms with Gasteiger partial charge in [-0.25, -0.2) is 0 Å². The molecule has 4 aromatic heterocycles. The van der Waals surface area contributed by atoms with E-state index in [0.29, 0.717) is 0 Å². The van der Waals surface area contributed by atoms with Crippen LogP contribution in [0.5, 0.6) is 0 Å². The first-order chi connectivity index (χ1) is 11.9. The van der Waals surface area contributed by atoms with E-state index in [1.807, 2.05) is 57.8 Å². The molecule has 1 N–H and O–H groups in total. The van der Waals surface area contributed by atoms with Crippen LogP contribution in [0.1, 0.15) is 0 Å². The highest BCUT2D eigenvalue weighted by Gasteiger charge is 2.24. The second-order valence-electron chi connectivity index (χ2n) is 5.41. The molecule has 114 valence electrons. The lowest BCUT2D eigenvalue weighted by atomic mass is 10.2. The molecule has 0 saturated heterocycles. The molecule has 0 bridgehead atoms. The van der Waals surface area contributed by atoms with Crippen LogP contribution in [0, 0.1) is 0 Å². The Morgan fingerprint density at radius 3 is 2.58 bits per heavy atom. The highest BCUT2D eigenvalue weighted by molar-refractivity contribution is 5.63. The Bertz CT molecular complexity index is 1090. The van der Waals surface area contributed by atoms with Gasteiger partial charge in [0, 0.05) is 18.2 Å². The number of benzene rings is 1. The largest absolute Gasteiger partial charge is 0.494 e. The molecule has 0 aliphatic heterocycles. The molecule has 0 unspecified atom stereocenters. The standard InChI is InChI=1S/C18H12N4O2/c1-4-13(21-11-23-15-6-2-8-19-17(15)21)10-14(5-1)22-12-24-16-7-3-9-20-18(16)22/h1-12H/q+2/p+1.